The molecule has 1 N–H and O–H groups in total. The Morgan fingerprint density at radius 2 is 1.65 bits per heavy atom. The number of carbonyl (C=O) groups is 2. The molecule has 0 aliphatic carbocycles. The highest BCUT2D eigenvalue weighted by atomic mass is 16.5. The Labute approximate surface area is 151 Å². The van der Waals surface area contributed by atoms with Crippen molar-refractivity contribution < 1.29 is 33.6 Å². The van der Waals surface area contributed by atoms with Crippen LogP contribution >= 0.6 is 0 Å². The predicted octanol–water partition coefficient (Wildman–Crippen LogP) is 3.63. The van der Waals surface area contributed by atoms with Crippen molar-refractivity contribution in [2.24, 2.45) is 0 Å². The highest BCUT2D eigenvalue weighted by Crippen LogP contribution is 2.43. The van der Waals surface area contributed by atoms with Crippen molar-refractivity contribution in [3.05, 3.63) is 40.5 Å². The number of ether oxygens (including phenoxy) is 4. The van der Waals surface area contributed by atoms with Crippen LogP contribution in [-0.4, -0.2) is 38.7 Å². The first kappa shape index (κ1) is 19.1. The van der Waals surface area contributed by atoms with E-state index in [9.17, 15) is 14.7 Å². The zero-order valence-electron chi connectivity index (χ0n) is 15.2. The second kappa shape index (κ2) is 7.77. The summed E-state index contributed by atoms with van der Waals surface area (Å²) in [6.45, 7) is 3.45. The maximum absolute atomic E-state index is 11.7. The van der Waals surface area contributed by atoms with Gasteiger partial charge in [-0.15, -0.1) is 0 Å². The van der Waals surface area contributed by atoms with Crippen molar-refractivity contribution in [3.63, 3.8) is 0 Å². The van der Waals surface area contributed by atoms with Crippen LogP contribution in [0, 0.1) is 13.8 Å². The van der Waals surface area contributed by atoms with Crippen LogP contribution in [0.15, 0.2) is 18.2 Å². The lowest BCUT2D eigenvalue weighted by Gasteiger charge is -2.19. The van der Waals surface area contributed by atoms with E-state index in [4.69, 9.17) is 18.9 Å². The third-order valence-electron chi connectivity index (χ3n) is 3.98. The van der Waals surface area contributed by atoms with Crippen LogP contribution in [0.2, 0.25) is 0 Å². The minimum absolute atomic E-state index is 0.0194. The molecule has 0 aromatic heterocycles. The van der Waals surface area contributed by atoms with Crippen LogP contribution in [0.3, 0.4) is 0 Å². The zero-order chi connectivity index (χ0) is 19.4. The van der Waals surface area contributed by atoms with Gasteiger partial charge in [0.05, 0.1) is 26.9 Å². The summed E-state index contributed by atoms with van der Waals surface area (Å²) in [6.07, 6.45) is 0.646. The molecule has 0 heterocycles. The lowest BCUT2D eigenvalue weighted by Crippen LogP contribution is -2.06. The first-order chi connectivity index (χ1) is 12.4. The van der Waals surface area contributed by atoms with Crippen LogP contribution in [0.4, 0.5) is 0 Å². The summed E-state index contributed by atoms with van der Waals surface area (Å²) < 4.78 is 21.6. The molecule has 0 atom stereocenters. The first-order valence-electron chi connectivity index (χ1n) is 7.68. The number of hydrogen-bond donors (Lipinski definition) is 1. The molecule has 0 bridgehead atoms. The number of benzene rings is 2. The van der Waals surface area contributed by atoms with Gasteiger partial charge in [-0.25, -0.2) is 4.79 Å². The molecule has 7 nitrogen and oxygen atoms in total. The van der Waals surface area contributed by atoms with Gasteiger partial charge in [-0.3, -0.25) is 4.79 Å². The second-order valence-electron chi connectivity index (χ2n) is 5.49. The molecule has 0 spiro atoms. The summed E-state index contributed by atoms with van der Waals surface area (Å²) in [5.41, 5.74) is 1.34. The molecule has 7 heteroatoms. The largest absolute Gasteiger partial charge is 0.497 e. The molecule has 0 aliphatic heterocycles. The number of aryl methyl sites for hydroxylation is 1. The fourth-order valence-corrected chi connectivity index (χ4v) is 2.62. The SMILES string of the molecule is COc1cc(C)c(C=O)c(Oc2c(C(=O)O)cc(OC)c(C)c2OC)c1. The lowest BCUT2D eigenvalue weighted by atomic mass is 10.1. The number of carboxylic acid groups (broad SMARTS) is 1. The molecule has 0 fully saturated rings. The standard InChI is InChI=1S/C19H20O7/c1-10-6-12(23-3)7-16(14(10)9-20)26-18-13(19(21)22)8-15(24-4)11(2)17(18)25-5/h6-9H,1-5H3,(H,21,22). The third kappa shape index (κ3) is 3.42. The van der Waals surface area contributed by atoms with Crippen LogP contribution in [0.5, 0.6) is 28.7 Å². The zero-order valence-corrected chi connectivity index (χ0v) is 15.2. The van der Waals surface area contributed by atoms with Crippen molar-refractivity contribution in [1.29, 1.82) is 0 Å². The predicted molar refractivity (Wildman–Crippen MR) is 94.4 cm³/mol. The molecule has 0 unspecified atom stereocenters. The monoisotopic (exact) mass is 360 g/mol. The average Bonchev–Trinajstić information content (AvgIpc) is 2.61. The molecule has 0 saturated heterocycles. The average molecular weight is 360 g/mol. The normalized spacial score (nSPS) is 10.2. The summed E-state index contributed by atoms with van der Waals surface area (Å²) in [6, 6.07) is 4.55. The minimum atomic E-state index is -1.22. The Morgan fingerprint density at radius 1 is 0.962 bits per heavy atom. The third-order valence-corrected chi connectivity index (χ3v) is 3.98. The summed E-state index contributed by atoms with van der Waals surface area (Å²) in [5, 5.41) is 9.57. The van der Waals surface area contributed by atoms with E-state index in [-0.39, 0.29) is 28.4 Å². The molecule has 2 rings (SSSR count). The molecule has 138 valence electrons. The van der Waals surface area contributed by atoms with Gasteiger partial charge in [0.25, 0.3) is 0 Å². The van der Waals surface area contributed by atoms with Gasteiger partial charge in [-0.2, -0.15) is 0 Å². The molecule has 0 radical (unpaired) electrons. The number of aromatic carboxylic acids is 1. The van der Waals surface area contributed by atoms with E-state index in [1.54, 1.807) is 19.9 Å². The second-order valence-corrected chi connectivity index (χ2v) is 5.49. The number of aldehydes is 1. The topological polar surface area (TPSA) is 91.3 Å². The molecular weight excluding hydrogens is 340 g/mol. The van der Waals surface area contributed by atoms with E-state index in [1.165, 1.54) is 33.5 Å². The molecular formula is C19H20O7. The number of carboxylic acids is 1. The first-order valence-corrected chi connectivity index (χ1v) is 7.68. The van der Waals surface area contributed by atoms with Gasteiger partial charge in [0.15, 0.2) is 17.8 Å². The molecule has 0 saturated carbocycles. The van der Waals surface area contributed by atoms with Crippen molar-refractivity contribution in [1.82, 2.24) is 0 Å². The Kier molecular flexibility index (Phi) is 5.71. The van der Waals surface area contributed by atoms with E-state index < -0.39 is 5.97 Å². The fraction of sp³-hybridized carbons (Fsp3) is 0.263. The molecule has 2 aromatic rings. The highest BCUT2D eigenvalue weighted by molar-refractivity contribution is 5.93. The Morgan fingerprint density at radius 3 is 2.15 bits per heavy atom. The summed E-state index contributed by atoms with van der Waals surface area (Å²) >= 11 is 0. The van der Waals surface area contributed by atoms with Crippen LogP contribution in [0.1, 0.15) is 31.8 Å². The Bertz CT molecular complexity index is 856. The van der Waals surface area contributed by atoms with E-state index >= 15 is 0 Å². The van der Waals surface area contributed by atoms with Gasteiger partial charge in [-0.05, 0) is 31.5 Å². The van der Waals surface area contributed by atoms with Gasteiger partial charge in [0, 0.05) is 11.6 Å². The summed E-state index contributed by atoms with van der Waals surface area (Å²) in [4.78, 5) is 23.2. The number of carbonyl (C=O) groups excluding carboxylic acids is 1. The van der Waals surface area contributed by atoms with Crippen molar-refractivity contribution >= 4 is 12.3 Å². The number of methoxy groups -OCH3 is 3. The van der Waals surface area contributed by atoms with Crippen molar-refractivity contribution in [2.75, 3.05) is 21.3 Å². The van der Waals surface area contributed by atoms with E-state index in [0.29, 0.717) is 28.9 Å². The maximum atomic E-state index is 11.7. The smallest absolute Gasteiger partial charge is 0.339 e. The quantitative estimate of drug-likeness (QED) is 0.754. The summed E-state index contributed by atoms with van der Waals surface area (Å²) in [7, 11) is 4.32. The molecule has 0 aliphatic rings. The fourth-order valence-electron chi connectivity index (χ4n) is 2.62. The molecule has 0 amide bonds. The maximum Gasteiger partial charge on any atom is 0.339 e. The minimum Gasteiger partial charge on any atom is -0.497 e. The molecule has 26 heavy (non-hydrogen) atoms. The van der Waals surface area contributed by atoms with Gasteiger partial charge < -0.3 is 24.1 Å². The van der Waals surface area contributed by atoms with Crippen LogP contribution in [0.25, 0.3) is 0 Å². The Hall–Kier alpha value is -3.22. The van der Waals surface area contributed by atoms with E-state index in [1.807, 2.05) is 0 Å². The molecule has 2 aromatic carbocycles. The lowest BCUT2D eigenvalue weighted by molar-refractivity contribution is 0.0693. The van der Waals surface area contributed by atoms with Gasteiger partial charge in [0.1, 0.15) is 22.8 Å². The van der Waals surface area contributed by atoms with E-state index in [2.05, 4.69) is 0 Å². The van der Waals surface area contributed by atoms with Gasteiger partial charge in [0.2, 0.25) is 0 Å². The number of hydrogen-bond acceptors (Lipinski definition) is 6. The van der Waals surface area contributed by atoms with Crippen LogP contribution < -0.4 is 18.9 Å². The number of rotatable bonds is 7. The van der Waals surface area contributed by atoms with E-state index in [0.717, 1.165) is 0 Å². The summed E-state index contributed by atoms with van der Waals surface area (Å²) in [5.74, 6) is -0.0348. The Balaban J connectivity index is 2.74. The van der Waals surface area contributed by atoms with Crippen molar-refractivity contribution in [3.8, 4) is 28.7 Å². The van der Waals surface area contributed by atoms with Gasteiger partial charge >= 0.3 is 5.97 Å². The van der Waals surface area contributed by atoms with Crippen LogP contribution in [-0.2, 0) is 0 Å². The highest BCUT2D eigenvalue weighted by Gasteiger charge is 2.24. The van der Waals surface area contributed by atoms with Gasteiger partial charge in [-0.1, -0.05) is 0 Å². The van der Waals surface area contributed by atoms with Crippen molar-refractivity contribution in [2.45, 2.75) is 13.8 Å².